The van der Waals surface area contributed by atoms with Crippen LogP contribution in [-0.2, 0) is 0 Å². The predicted octanol–water partition coefficient (Wildman–Crippen LogP) is 3.79. The molecule has 0 aliphatic heterocycles. The molecule has 1 aromatic carbocycles. The Kier molecular flexibility index (Phi) is 4.70. The topological polar surface area (TPSA) is 32.3 Å². The lowest BCUT2D eigenvalue weighted by Crippen LogP contribution is -2.38. The lowest BCUT2D eigenvalue weighted by Gasteiger charge is -2.31. The average Bonchev–Trinajstić information content (AvgIpc) is 2.46. The number of halogens is 1. The van der Waals surface area contributed by atoms with Crippen LogP contribution in [0.25, 0.3) is 0 Å². The van der Waals surface area contributed by atoms with E-state index in [0.717, 1.165) is 18.5 Å². The van der Waals surface area contributed by atoms with E-state index in [1.807, 2.05) is 25.1 Å². The molecule has 0 heterocycles. The molecule has 1 saturated carbocycles. The summed E-state index contributed by atoms with van der Waals surface area (Å²) in [5.74, 6) is 0.0544. The molecule has 1 aliphatic carbocycles. The molecule has 0 atom stereocenters. The molecule has 2 rings (SSSR count). The Morgan fingerprint density at radius 2 is 2.00 bits per heavy atom. The van der Waals surface area contributed by atoms with Gasteiger partial charge < -0.3 is 10.2 Å². The van der Waals surface area contributed by atoms with Crippen molar-refractivity contribution >= 4 is 23.2 Å². The maximum Gasteiger partial charge on any atom is 0.255 e. The van der Waals surface area contributed by atoms with Crippen LogP contribution in [0.1, 0.15) is 42.5 Å². The van der Waals surface area contributed by atoms with Gasteiger partial charge >= 0.3 is 0 Å². The number of anilines is 1. The zero-order chi connectivity index (χ0) is 13.8. The van der Waals surface area contributed by atoms with Crippen molar-refractivity contribution in [1.29, 1.82) is 0 Å². The minimum absolute atomic E-state index is 0.0544. The molecule has 3 nitrogen and oxygen atoms in total. The zero-order valence-corrected chi connectivity index (χ0v) is 12.3. The molecule has 1 aliphatic rings. The minimum Gasteiger partial charge on any atom is -0.387 e. The quantitative estimate of drug-likeness (QED) is 0.914. The van der Waals surface area contributed by atoms with Gasteiger partial charge in [-0.3, -0.25) is 4.79 Å². The van der Waals surface area contributed by atoms with Crippen LogP contribution in [0.5, 0.6) is 0 Å². The average molecular weight is 281 g/mol. The molecular formula is C15H21ClN2O. The number of amides is 1. The third kappa shape index (κ3) is 3.21. The summed E-state index contributed by atoms with van der Waals surface area (Å²) in [6, 6.07) is 5.76. The number of hydrogen-bond donors (Lipinski definition) is 1. The summed E-state index contributed by atoms with van der Waals surface area (Å²) < 4.78 is 0. The fourth-order valence-electron chi connectivity index (χ4n) is 2.74. The highest BCUT2D eigenvalue weighted by Gasteiger charge is 2.24. The van der Waals surface area contributed by atoms with Crippen molar-refractivity contribution in [2.24, 2.45) is 0 Å². The van der Waals surface area contributed by atoms with Crippen LogP contribution in [0.3, 0.4) is 0 Å². The molecule has 0 unspecified atom stereocenters. The van der Waals surface area contributed by atoms with Crippen LogP contribution in [0.4, 0.5) is 5.69 Å². The van der Waals surface area contributed by atoms with Crippen LogP contribution in [-0.4, -0.2) is 30.9 Å². The monoisotopic (exact) mass is 280 g/mol. The fourth-order valence-corrected chi connectivity index (χ4v) is 2.91. The first kappa shape index (κ1) is 14.2. The Morgan fingerprint density at radius 3 is 2.63 bits per heavy atom. The van der Waals surface area contributed by atoms with Crippen molar-refractivity contribution in [2.45, 2.75) is 38.1 Å². The van der Waals surface area contributed by atoms with Crippen LogP contribution in [0.15, 0.2) is 18.2 Å². The lowest BCUT2D eigenvalue weighted by molar-refractivity contribution is 0.0697. The second kappa shape index (κ2) is 6.29. The van der Waals surface area contributed by atoms with Crippen LogP contribution >= 0.6 is 11.6 Å². The van der Waals surface area contributed by atoms with E-state index < -0.39 is 0 Å². The molecule has 19 heavy (non-hydrogen) atoms. The fraction of sp³-hybridized carbons (Fsp3) is 0.533. The second-order valence-electron chi connectivity index (χ2n) is 5.15. The summed E-state index contributed by atoms with van der Waals surface area (Å²) in [5, 5.41) is 3.65. The van der Waals surface area contributed by atoms with Gasteiger partial charge in [0.2, 0.25) is 0 Å². The molecule has 1 fully saturated rings. The Morgan fingerprint density at radius 1 is 1.32 bits per heavy atom. The number of nitrogens with one attached hydrogen (secondary N) is 1. The Balaban J connectivity index is 2.20. The summed E-state index contributed by atoms with van der Waals surface area (Å²) in [5.41, 5.74) is 1.49. The molecule has 0 spiro atoms. The molecule has 104 valence electrons. The maximum absolute atomic E-state index is 12.6. The van der Waals surface area contributed by atoms with Gasteiger partial charge in [0.05, 0.1) is 5.56 Å². The van der Waals surface area contributed by atoms with Crippen LogP contribution in [0.2, 0.25) is 5.02 Å². The van der Waals surface area contributed by atoms with Gasteiger partial charge in [-0.25, -0.2) is 0 Å². The zero-order valence-electron chi connectivity index (χ0n) is 11.6. The Labute approximate surface area is 119 Å². The highest BCUT2D eigenvalue weighted by atomic mass is 35.5. The summed E-state index contributed by atoms with van der Waals surface area (Å²) in [6.07, 6.45) is 5.94. The number of carbonyl (C=O) groups is 1. The molecule has 4 heteroatoms. The first-order valence-corrected chi connectivity index (χ1v) is 7.25. The van der Waals surface area contributed by atoms with Crippen molar-refractivity contribution in [1.82, 2.24) is 4.90 Å². The van der Waals surface area contributed by atoms with Gasteiger partial charge in [-0.05, 0) is 31.0 Å². The number of benzene rings is 1. The van der Waals surface area contributed by atoms with Crippen molar-refractivity contribution in [3.05, 3.63) is 28.8 Å². The number of nitrogens with zero attached hydrogens (tertiary/aromatic N) is 1. The van der Waals surface area contributed by atoms with E-state index in [1.165, 1.54) is 19.3 Å². The first-order chi connectivity index (χ1) is 9.13. The second-order valence-corrected chi connectivity index (χ2v) is 5.58. The molecular weight excluding hydrogens is 260 g/mol. The summed E-state index contributed by atoms with van der Waals surface area (Å²) in [6.45, 7) is 0. The Hall–Kier alpha value is -1.22. The molecule has 0 aromatic heterocycles. The first-order valence-electron chi connectivity index (χ1n) is 6.88. The standard InChI is InChI=1S/C15H21ClN2O/c1-17-14-9-8-11(16)10-13(14)15(19)18(2)12-6-4-3-5-7-12/h8-10,12,17H,3-7H2,1-2H3. The summed E-state index contributed by atoms with van der Waals surface area (Å²) in [7, 11) is 3.72. The van der Waals surface area contributed by atoms with Crippen molar-refractivity contribution in [3.63, 3.8) is 0 Å². The summed E-state index contributed by atoms with van der Waals surface area (Å²) in [4.78, 5) is 14.5. The molecule has 1 N–H and O–H groups in total. The SMILES string of the molecule is CNc1ccc(Cl)cc1C(=O)N(C)C1CCCCC1. The lowest BCUT2D eigenvalue weighted by atomic mass is 9.94. The van der Waals surface area contributed by atoms with Gasteiger partial charge in [0.15, 0.2) is 0 Å². The smallest absolute Gasteiger partial charge is 0.255 e. The summed E-state index contributed by atoms with van der Waals surface area (Å²) >= 11 is 6.01. The highest BCUT2D eigenvalue weighted by Crippen LogP contribution is 2.26. The normalized spacial score (nSPS) is 16.2. The van der Waals surface area contributed by atoms with E-state index in [-0.39, 0.29) is 5.91 Å². The van der Waals surface area contributed by atoms with E-state index in [4.69, 9.17) is 11.6 Å². The van der Waals surface area contributed by atoms with E-state index in [9.17, 15) is 4.79 Å². The minimum atomic E-state index is 0.0544. The van der Waals surface area contributed by atoms with Gasteiger partial charge in [-0.1, -0.05) is 30.9 Å². The number of rotatable bonds is 3. The van der Waals surface area contributed by atoms with Gasteiger partial charge in [-0.2, -0.15) is 0 Å². The predicted molar refractivity (Wildman–Crippen MR) is 80.0 cm³/mol. The Bertz CT molecular complexity index is 455. The molecule has 0 saturated heterocycles. The van der Waals surface area contributed by atoms with Crippen molar-refractivity contribution < 1.29 is 4.79 Å². The third-order valence-electron chi connectivity index (χ3n) is 3.92. The highest BCUT2D eigenvalue weighted by molar-refractivity contribution is 6.31. The number of carbonyl (C=O) groups excluding carboxylic acids is 1. The molecule has 0 radical (unpaired) electrons. The van der Waals surface area contributed by atoms with Gasteiger partial charge in [0.1, 0.15) is 0 Å². The number of hydrogen-bond acceptors (Lipinski definition) is 2. The largest absolute Gasteiger partial charge is 0.387 e. The molecule has 0 bridgehead atoms. The van der Waals surface area contributed by atoms with Crippen molar-refractivity contribution in [2.75, 3.05) is 19.4 Å². The van der Waals surface area contributed by atoms with E-state index in [2.05, 4.69) is 5.32 Å². The van der Waals surface area contributed by atoms with Gasteiger partial charge in [0.25, 0.3) is 5.91 Å². The van der Waals surface area contributed by atoms with Crippen molar-refractivity contribution in [3.8, 4) is 0 Å². The van der Waals surface area contributed by atoms with Crippen LogP contribution in [0, 0.1) is 0 Å². The molecule has 1 amide bonds. The third-order valence-corrected chi connectivity index (χ3v) is 4.16. The van der Waals surface area contributed by atoms with Crippen LogP contribution < -0.4 is 5.32 Å². The van der Waals surface area contributed by atoms with E-state index in [1.54, 1.807) is 12.1 Å². The maximum atomic E-state index is 12.6. The van der Waals surface area contributed by atoms with Gasteiger partial charge in [-0.15, -0.1) is 0 Å². The molecule has 1 aromatic rings. The van der Waals surface area contributed by atoms with E-state index >= 15 is 0 Å². The van der Waals surface area contributed by atoms with E-state index in [0.29, 0.717) is 16.6 Å². The van der Waals surface area contributed by atoms with Gasteiger partial charge in [0, 0.05) is 30.8 Å².